The lowest BCUT2D eigenvalue weighted by atomic mass is 10.4. The van der Waals surface area contributed by atoms with E-state index in [-0.39, 0.29) is 5.67 Å². The van der Waals surface area contributed by atoms with E-state index in [0.29, 0.717) is 6.54 Å². The van der Waals surface area contributed by atoms with E-state index in [2.05, 4.69) is 12.2 Å². The zero-order valence-electron chi connectivity index (χ0n) is 16.6. The Hall–Kier alpha value is -1.57. The van der Waals surface area contributed by atoms with Crippen molar-refractivity contribution in [1.82, 2.24) is 5.32 Å². The van der Waals surface area contributed by atoms with Crippen LogP contribution >= 0.6 is 0 Å². The van der Waals surface area contributed by atoms with Crippen molar-refractivity contribution in [3.05, 3.63) is 0 Å². The third-order valence-electron chi connectivity index (χ3n) is 2.22. The Bertz CT molecular complexity index is 318. The Labute approximate surface area is 155 Å². The summed E-state index contributed by atoms with van der Waals surface area (Å²) in [4.78, 5) is 27.0. The molecule has 0 aliphatic rings. The standard InChI is InChI=1S/C8H22N2O3Si.3C2H4O2/c1-5-8(10-7-6-9)14(11-2,12-3)13-4;3*1-2(3)4/h8,10H,5-7,9H2,1-4H3;3*1H3,(H,3,4). The maximum Gasteiger partial charge on any atom is 0.517 e. The maximum absolute atomic E-state index is 9.00. The number of hydrogen-bond donors (Lipinski definition) is 5. The van der Waals surface area contributed by atoms with Gasteiger partial charge in [0.2, 0.25) is 0 Å². The Morgan fingerprint density at radius 1 is 0.923 bits per heavy atom. The molecule has 0 aliphatic carbocycles. The van der Waals surface area contributed by atoms with Crippen LogP contribution in [0.15, 0.2) is 0 Å². The molecule has 0 saturated carbocycles. The molecule has 6 N–H and O–H groups in total. The third kappa shape index (κ3) is 27.3. The number of aliphatic carboxylic acids is 3. The first-order valence-electron chi connectivity index (χ1n) is 7.57. The topological polar surface area (TPSA) is 178 Å². The van der Waals surface area contributed by atoms with Gasteiger partial charge in [-0.2, -0.15) is 0 Å². The number of nitrogens with two attached hydrogens (primary N) is 1. The zero-order chi connectivity index (χ0) is 21.8. The molecule has 26 heavy (non-hydrogen) atoms. The molecule has 0 rings (SSSR count). The highest BCUT2D eigenvalue weighted by molar-refractivity contribution is 6.62. The maximum atomic E-state index is 9.00. The SMILES string of the molecule is CC(=O)O.CC(=O)O.CC(=O)O.CCC(NCCN)[Si](OC)(OC)OC. The summed E-state index contributed by atoms with van der Waals surface area (Å²) in [7, 11) is 2.30. The predicted molar refractivity (Wildman–Crippen MR) is 97.8 cm³/mol. The summed E-state index contributed by atoms with van der Waals surface area (Å²) in [6, 6.07) is 0. The Morgan fingerprint density at radius 2 is 1.19 bits per heavy atom. The Morgan fingerprint density at radius 3 is 1.35 bits per heavy atom. The van der Waals surface area contributed by atoms with E-state index in [1.807, 2.05) is 0 Å². The zero-order valence-corrected chi connectivity index (χ0v) is 17.6. The summed E-state index contributed by atoms with van der Waals surface area (Å²) in [6.07, 6.45) is 0.891. The fraction of sp³-hybridized carbons (Fsp3) is 0.786. The van der Waals surface area contributed by atoms with Crippen molar-refractivity contribution in [2.45, 2.75) is 39.8 Å². The van der Waals surface area contributed by atoms with E-state index in [1.165, 1.54) is 0 Å². The smallest absolute Gasteiger partial charge is 0.481 e. The molecule has 11 nitrogen and oxygen atoms in total. The lowest BCUT2D eigenvalue weighted by Crippen LogP contribution is -2.60. The average molecular weight is 403 g/mol. The van der Waals surface area contributed by atoms with E-state index in [1.54, 1.807) is 21.3 Å². The molecule has 0 aromatic rings. The molecule has 0 aliphatic heterocycles. The fourth-order valence-electron chi connectivity index (χ4n) is 1.45. The Balaban J connectivity index is -0.000000164. The van der Waals surface area contributed by atoms with Crippen molar-refractivity contribution >= 4 is 26.7 Å². The van der Waals surface area contributed by atoms with Crippen molar-refractivity contribution in [3.8, 4) is 0 Å². The minimum absolute atomic E-state index is 0.103. The summed E-state index contributed by atoms with van der Waals surface area (Å²) in [5.74, 6) is -2.50. The summed E-state index contributed by atoms with van der Waals surface area (Å²) in [5.41, 5.74) is 5.53. The van der Waals surface area contributed by atoms with Crippen LogP contribution in [0.5, 0.6) is 0 Å². The van der Waals surface area contributed by atoms with Gasteiger partial charge in [0.15, 0.2) is 0 Å². The number of carbonyl (C=O) groups is 3. The quantitative estimate of drug-likeness (QED) is 0.345. The summed E-state index contributed by atoms with van der Waals surface area (Å²) in [5, 5.41) is 25.5. The highest BCUT2D eigenvalue weighted by atomic mass is 28.4. The van der Waals surface area contributed by atoms with E-state index in [4.69, 9.17) is 48.7 Å². The van der Waals surface area contributed by atoms with Crippen LogP contribution in [-0.4, -0.2) is 82.1 Å². The molecule has 0 amide bonds. The van der Waals surface area contributed by atoms with Gasteiger partial charge in [-0.3, -0.25) is 14.4 Å². The molecule has 0 radical (unpaired) electrons. The minimum Gasteiger partial charge on any atom is -0.481 e. The number of rotatable bonds is 8. The van der Waals surface area contributed by atoms with Crippen molar-refractivity contribution < 1.29 is 43.0 Å². The molecular formula is C14H34N2O9Si. The van der Waals surface area contributed by atoms with Crippen LogP contribution in [0.2, 0.25) is 0 Å². The molecule has 12 heteroatoms. The second kappa shape index (κ2) is 21.5. The van der Waals surface area contributed by atoms with Crippen LogP contribution in [0.4, 0.5) is 0 Å². The van der Waals surface area contributed by atoms with Crippen LogP contribution in [-0.2, 0) is 27.7 Å². The molecule has 0 heterocycles. The van der Waals surface area contributed by atoms with Gasteiger partial charge >= 0.3 is 8.80 Å². The fourth-order valence-corrected chi connectivity index (χ4v) is 3.70. The van der Waals surface area contributed by atoms with Crippen LogP contribution in [0.3, 0.4) is 0 Å². The van der Waals surface area contributed by atoms with Gasteiger partial charge in [0, 0.05) is 55.2 Å². The lowest BCUT2D eigenvalue weighted by molar-refractivity contribution is -0.135. The van der Waals surface area contributed by atoms with Crippen LogP contribution < -0.4 is 11.1 Å². The van der Waals surface area contributed by atoms with Gasteiger partial charge in [-0.25, -0.2) is 0 Å². The molecule has 0 fully saturated rings. The summed E-state index contributed by atoms with van der Waals surface area (Å²) < 4.78 is 16.1. The van der Waals surface area contributed by atoms with Crippen molar-refractivity contribution in [1.29, 1.82) is 0 Å². The lowest BCUT2D eigenvalue weighted by Gasteiger charge is -2.32. The molecular weight excluding hydrogens is 368 g/mol. The van der Waals surface area contributed by atoms with Gasteiger partial charge in [-0.15, -0.1) is 0 Å². The first kappa shape index (κ1) is 32.1. The molecule has 1 unspecified atom stereocenters. The summed E-state index contributed by atoms with van der Waals surface area (Å²) >= 11 is 0. The number of nitrogens with one attached hydrogen (secondary N) is 1. The average Bonchev–Trinajstić information content (AvgIpc) is 2.50. The number of hydrogen-bond acceptors (Lipinski definition) is 8. The Kier molecular flexibility index (Phi) is 26.5. The summed E-state index contributed by atoms with van der Waals surface area (Å²) in [6.45, 7) is 6.65. The molecule has 0 aromatic heterocycles. The number of carboxylic acids is 3. The van der Waals surface area contributed by atoms with Crippen molar-refractivity contribution in [2.24, 2.45) is 5.73 Å². The monoisotopic (exact) mass is 402 g/mol. The van der Waals surface area contributed by atoms with E-state index in [9.17, 15) is 0 Å². The first-order valence-corrected chi connectivity index (χ1v) is 9.38. The number of carboxylic acid groups (broad SMARTS) is 3. The van der Waals surface area contributed by atoms with Gasteiger partial charge in [-0.1, -0.05) is 6.92 Å². The van der Waals surface area contributed by atoms with Gasteiger partial charge in [0.1, 0.15) is 0 Å². The predicted octanol–water partition coefficient (Wildman–Crippen LogP) is 0.00330. The molecule has 158 valence electrons. The molecule has 0 saturated heterocycles. The van der Waals surface area contributed by atoms with Gasteiger partial charge in [0.05, 0.1) is 5.67 Å². The van der Waals surface area contributed by atoms with E-state index >= 15 is 0 Å². The van der Waals surface area contributed by atoms with E-state index in [0.717, 1.165) is 33.7 Å². The first-order chi connectivity index (χ1) is 11.9. The van der Waals surface area contributed by atoms with Gasteiger partial charge in [0.25, 0.3) is 17.9 Å². The third-order valence-corrected chi connectivity index (χ3v) is 5.40. The molecule has 0 aromatic carbocycles. The van der Waals surface area contributed by atoms with Crippen molar-refractivity contribution in [3.63, 3.8) is 0 Å². The molecule has 0 bridgehead atoms. The minimum atomic E-state index is -2.55. The van der Waals surface area contributed by atoms with Gasteiger partial charge < -0.3 is 39.6 Å². The van der Waals surface area contributed by atoms with Crippen LogP contribution in [0, 0.1) is 0 Å². The highest BCUT2D eigenvalue weighted by Crippen LogP contribution is 2.14. The second-order valence-corrected chi connectivity index (χ2v) is 7.61. The second-order valence-electron chi connectivity index (χ2n) is 4.48. The van der Waals surface area contributed by atoms with Gasteiger partial charge in [-0.05, 0) is 6.42 Å². The normalized spacial score (nSPS) is 10.6. The largest absolute Gasteiger partial charge is 0.517 e. The van der Waals surface area contributed by atoms with Crippen molar-refractivity contribution in [2.75, 3.05) is 34.4 Å². The van der Waals surface area contributed by atoms with Crippen LogP contribution in [0.1, 0.15) is 34.1 Å². The van der Waals surface area contributed by atoms with E-state index < -0.39 is 26.7 Å². The molecule has 1 atom stereocenters. The molecule has 0 spiro atoms. The van der Waals surface area contributed by atoms with Crippen LogP contribution in [0.25, 0.3) is 0 Å². The highest BCUT2D eigenvalue weighted by Gasteiger charge is 2.46.